The molecule has 1 aliphatic rings. The maximum atomic E-state index is 12.5. The van der Waals surface area contributed by atoms with Gasteiger partial charge in [-0.1, -0.05) is 115 Å². The highest BCUT2D eigenvalue weighted by Crippen LogP contribution is 2.42. The molecule has 4 heteroatoms. The average molecular weight is 483 g/mol. The number of hydrogen-bond donors (Lipinski definition) is 0. The van der Waals surface area contributed by atoms with Crippen molar-refractivity contribution in [1.29, 1.82) is 0 Å². The maximum Gasteiger partial charge on any atom is 0.315 e. The molecular weight excluding hydrogens is 456 g/mol. The molecule has 0 N–H and O–H groups in total. The Bertz CT molecular complexity index is 1160. The van der Waals surface area contributed by atoms with E-state index in [9.17, 15) is 4.79 Å². The predicted octanol–water partition coefficient (Wildman–Crippen LogP) is 6.82. The summed E-state index contributed by atoms with van der Waals surface area (Å²) in [5, 5.41) is 0.714. The lowest BCUT2D eigenvalue weighted by molar-refractivity contribution is -0.194. The number of benzene rings is 4. The molecule has 0 unspecified atom stereocenters. The summed E-state index contributed by atoms with van der Waals surface area (Å²) in [7, 11) is 0. The third-order valence-electron chi connectivity index (χ3n) is 6.65. The fourth-order valence-electron chi connectivity index (χ4n) is 4.82. The van der Waals surface area contributed by atoms with Gasteiger partial charge in [0.15, 0.2) is 0 Å². The zero-order chi connectivity index (χ0) is 24.1. The van der Waals surface area contributed by atoms with Crippen molar-refractivity contribution in [3.8, 4) is 0 Å². The molecule has 1 saturated heterocycles. The first-order valence-corrected chi connectivity index (χ1v) is 12.3. The lowest BCUT2D eigenvalue weighted by atomic mass is 9.79. The summed E-state index contributed by atoms with van der Waals surface area (Å²) in [6.07, 6.45) is 1.34. The molecule has 5 rings (SSSR count). The average Bonchev–Trinajstić information content (AvgIpc) is 2.90. The molecule has 0 aromatic heterocycles. The van der Waals surface area contributed by atoms with Gasteiger partial charge >= 0.3 is 5.97 Å². The van der Waals surface area contributed by atoms with Gasteiger partial charge in [-0.2, -0.15) is 0 Å². The smallest absolute Gasteiger partial charge is 0.315 e. The van der Waals surface area contributed by atoms with Crippen molar-refractivity contribution in [1.82, 2.24) is 0 Å². The first-order valence-electron chi connectivity index (χ1n) is 11.9. The number of esters is 1. The highest BCUT2D eigenvalue weighted by atomic mass is 35.5. The van der Waals surface area contributed by atoms with Crippen molar-refractivity contribution >= 4 is 17.6 Å². The van der Waals surface area contributed by atoms with Crippen LogP contribution in [-0.2, 0) is 26.3 Å². The largest absolute Gasteiger partial charge is 0.461 e. The molecule has 35 heavy (non-hydrogen) atoms. The summed E-state index contributed by atoms with van der Waals surface area (Å²) in [5.41, 5.74) is 3.32. The Morgan fingerprint density at radius 3 is 1.77 bits per heavy atom. The Balaban J connectivity index is 1.43. The van der Waals surface area contributed by atoms with Gasteiger partial charge in [0.1, 0.15) is 17.6 Å². The van der Waals surface area contributed by atoms with E-state index in [0.717, 1.165) is 35.1 Å². The monoisotopic (exact) mass is 482 g/mol. The predicted molar refractivity (Wildman–Crippen MR) is 138 cm³/mol. The van der Waals surface area contributed by atoms with Gasteiger partial charge in [-0.3, -0.25) is 4.79 Å². The maximum absolute atomic E-state index is 12.5. The van der Waals surface area contributed by atoms with Crippen molar-refractivity contribution in [2.75, 3.05) is 6.61 Å². The second kappa shape index (κ2) is 10.5. The van der Waals surface area contributed by atoms with Crippen molar-refractivity contribution in [2.45, 2.75) is 24.5 Å². The summed E-state index contributed by atoms with van der Waals surface area (Å²) in [5.74, 6) is -0.520. The lowest BCUT2D eigenvalue weighted by Crippen LogP contribution is -2.49. The number of carbonyl (C=O) groups excluding carboxylic acids is 1. The summed E-state index contributed by atoms with van der Waals surface area (Å²) in [4.78, 5) is 12.5. The molecule has 2 atom stereocenters. The normalized spacial score (nSPS) is 17.5. The van der Waals surface area contributed by atoms with Gasteiger partial charge in [0, 0.05) is 5.02 Å². The quantitative estimate of drug-likeness (QED) is 0.194. The topological polar surface area (TPSA) is 35.5 Å². The van der Waals surface area contributed by atoms with Crippen molar-refractivity contribution in [3.05, 3.63) is 143 Å². The van der Waals surface area contributed by atoms with Crippen LogP contribution in [0.4, 0.5) is 0 Å². The minimum Gasteiger partial charge on any atom is -0.461 e. The Kier molecular flexibility index (Phi) is 6.98. The van der Waals surface area contributed by atoms with Gasteiger partial charge in [0.25, 0.3) is 0 Å². The molecule has 0 bridgehead atoms. The van der Waals surface area contributed by atoms with Crippen molar-refractivity contribution in [3.63, 3.8) is 0 Å². The fourth-order valence-corrected chi connectivity index (χ4v) is 5.03. The summed E-state index contributed by atoms with van der Waals surface area (Å²) in [6, 6.07) is 38.4. The van der Waals surface area contributed by atoms with E-state index in [1.807, 2.05) is 78.9 Å². The van der Waals surface area contributed by atoms with E-state index in [0.29, 0.717) is 5.02 Å². The van der Waals surface area contributed by atoms with Crippen LogP contribution in [0.15, 0.2) is 115 Å². The minimum absolute atomic E-state index is 0.179. The van der Waals surface area contributed by atoms with Crippen LogP contribution in [0.5, 0.6) is 0 Å². The molecular formula is C31H27ClO3. The fraction of sp³-hybridized carbons (Fsp3) is 0.194. The number of aryl methyl sites for hydroxylation is 1. The van der Waals surface area contributed by atoms with Crippen LogP contribution < -0.4 is 0 Å². The zero-order valence-electron chi connectivity index (χ0n) is 19.3. The third-order valence-corrected chi connectivity index (χ3v) is 6.88. The van der Waals surface area contributed by atoms with E-state index >= 15 is 0 Å². The number of halogens is 1. The molecule has 4 aromatic carbocycles. The molecule has 1 heterocycles. The van der Waals surface area contributed by atoms with Gasteiger partial charge in [0.05, 0.1) is 6.61 Å². The Labute approximate surface area is 211 Å². The van der Waals surface area contributed by atoms with Crippen molar-refractivity contribution < 1.29 is 14.3 Å². The Morgan fingerprint density at radius 1 is 0.743 bits per heavy atom. The molecule has 1 aliphatic heterocycles. The first-order chi connectivity index (χ1) is 17.2. The second-order valence-electron chi connectivity index (χ2n) is 8.84. The second-order valence-corrected chi connectivity index (χ2v) is 9.28. The van der Waals surface area contributed by atoms with Gasteiger partial charge < -0.3 is 9.47 Å². The van der Waals surface area contributed by atoms with Crippen LogP contribution in [0.25, 0.3) is 0 Å². The summed E-state index contributed by atoms with van der Waals surface area (Å²) in [6.45, 7) is 0.262. The third kappa shape index (κ3) is 4.88. The van der Waals surface area contributed by atoms with Crippen LogP contribution in [0.2, 0.25) is 5.02 Å². The van der Waals surface area contributed by atoms with E-state index in [-0.39, 0.29) is 24.6 Å². The molecule has 1 fully saturated rings. The molecule has 0 saturated carbocycles. The number of hydrogen-bond acceptors (Lipinski definition) is 3. The highest BCUT2D eigenvalue weighted by Gasteiger charge is 2.45. The molecule has 0 amide bonds. The van der Waals surface area contributed by atoms with E-state index < -0.39 is 5.60 Å². The number of ether oxygens (including phenoxy) is 2. The number of cyclic esters (lactones) is 1. The molecule has 0 aliphatic carbocycles. The van der Waals surface area contributed by atoms with Gasteiger partial charge in [-0.15, -0.1) is 0 Å². The molecule has 176 valence electrons. The standard InChI is InChI=1S/C31H27ClO3/c32-27-18-10-11-23(21-27)19-20-29-28(30(33)35-29)22-34-31(24-12-4-1-5-13-24,25-14-6-2-7-15-25)26-16-8-3-9-17-26/h1-18,21,28-29H,19-20,22H2/t28-,29-/m0/s1. The lowest BCUT2D eigenvalue weighted by Gasteiger charge is -2.40. The van der Waals surface area contributed by atoms with E-state index in [1.165, 1.54) is 0 Å². The summed E-state index contributed by atoms with van der Waals surface area (Å²) >= 11 is 6.13. The first kappa shape index (κ1) is 23.3. The van der Waals surface area contributed by atoms with Crippen LogP contribution in [0.1, 0.15) is 28.7 Å². The van der Waals surface area contributed by atoms with Crippen LogP contribution >= 0.6 is 11.6 Å². The van der Waals surface area contributed by atoms with Crippen LogP contribution in [0, 0.1) is 5.92 Å². The van der Waals surface area contributed by atoms with Gasteiger partial charge in [0.2, 0.25) is 0 Å². The highest BCUT2D eigenvalue weighted by molar-refractivity contribution is 6.30. The Morgan fingerprint density at radius 2 is 1.29 bits per heavy atom. The molecule has 0 radical (unpaired) electrons. The van der Waals surface area contributed by atoms with Gasteiger partial charge in [-0.05, 0) is 47.2 Å². The SMILES string of the molecule is O=C1O[C@@H](CCc2cccc(Cl)c2)[C@@H]1COC(c1ccccc1)(c1ccccc1)c1ccccc1. The molecule has 4 aromatic rings. The van der Waals surface area contributed by atoms with E-state index in [2.05, 4.69) is 36.4 Å². The minimum atomic E-state index is -0.850. The van der Waals surface area contributed by atoms with Crippen LogP contribution in [-0.4, -0.2) is 18.7 Å². The van der Waals surface area contributed by atoms with Crippen LogP contribution in [0.3, 0.4) is 0 Å². The summed E-state index contributed by atoms with van der Waals surface area (Å²) < 4.78 is 12.4. The zero-order valence-corrected chi connectivity index (χ0v) is 20.1. The molecule has 3 nitrogen and oxygen atoms in total. The Hall–Kier alpha value is -3.40. The number of rotatable bonds is 9. The van der Waals surface area contributed by atoms with Gasteiger partial charge in [-0.25, -0.2) is 0 Å². The number of carbonyl (C=O) groups is 1. The molecule has 0 spiro atoms. The van der Waals surface area contributed by atoms with E-state index in [1.54, 1.807) is 0 Å². The van der Waals surface area contributed by atoms with E-state index in [4.69, 9.17) is 21.1 Å². The van der Waals surface area contributed by atoms with Crippen molar-refractivity contribution in [2.24, 2.45) is 5.92 Å².